The number of nitrogens with zero attached hydrogens (tertiary/aromatic N) is 1. The summed E-state index contributed by atoms with van der Waals surface area (Å²) in [6.45, 7) is 0.639. The molecule has 0 fully saturated rings. The summed E-state index contributed by atoms with van der Waals surface area (Å²) in [5.74, 6) is 0.713. The first kappa shape index (κ1) is 13.0. The molecule has 2 aromatic rings. The van der Waals surface area contributed by atoms with Crippen molar-refractivity contribution in [3.05, 3.63) is 59.7 Å². The number of aryl methyl sites for hydroxylation is 1. The van der Waals surface area contributed by atoms with Crippen LogP contribution < -0.4 is 10.5 Å². The Kier molecular flexibility index (Phi) is 4.41. The third-order valence-electron chi connectivity index (χ3n) is 2.86. The lowest BCUT2D eigenvalue weighted by atomic mass is 10.1. The first-order valence-electron chi connectivity index (χ1n) is 6.26. The number of rotatable bonds is 5. The lowest BCUT2D eigenvalue weighted by Gasteiger charge is -2.07. The molecule has 2 aromatic carbocycles. The smallest absolute Gasteiger partial charge is 0.121 e. The van der Waals surface area contributed by atoms with Gasteiger partial charge in [0.05, 0.1) is 17.9 Å². The Bertz CT molecular complexity index is 573. The SMILES string of the molecule is N#Cc1ccc(OCCCc2ccccc2)cc1N. The van der Waals surface area contributed by atoms with Crippen LogP contribution in [0.5, 0.6) is 5.75 Å². The molecule has 0 atom stereocenters. The maximum absolute atomic E-state index is 8.78. The van der Waals surface area contributed by atoms with Gasteiger partial charge >= 0.3 is 0 Å². The molecule has 96 valence electrons. The van der Waals surface area contributed by atoms with Crippen molar-refractivity contribution >= 4 is 5.69 Å². The van der Waals surface area contributed by atoms with E-state index in [9.17, 15) is 0 Å². The Morgan fingerprint density at radius 3 is 2.58 bits per heavy atom. The van der Waals surface area contributed by atoms with Crippen LogP contribution in [0.4, 0.5) is 5.69 Å². The molecule has 0 saturated heterocycles. The van der Waals surface area contributed by atoms with Crippen LogP contribution in [-0.4, -0.2) is 6.61 Å². The van der Waals surface area contributed by atoms with Gasteiger partial charge in [-0.05, 0) is 30.5 Å². The monoisotopic (exact) mass is 252 g/mol. The fourth-order valence-corrected chi connectivity index (χ4v) is 1.84. The summed E-state index contributed by atoms with van der Waals surface area (Å²) in [5.41, 5.74) is 7.98. The maximum atomic E-state index is 8.78. The minimum atomic E-state index is 0.461. The van der Waals surface area contributed by atoms with Crippen molar-refractivity contribution in [2.24, 2.45) is 0 Å². The Balaban J connectivity index is 1.80. The fourth-order valence-electron chi connectivity index (χ4n) is 1.84. The molecular formula is C16H16N2O. The van der Waals surface area contributed by atoms with E-state index in [0.717, 1.165) is 12.8 Å². The number of benzene rings is 2. The van der Waals surface area contributed by atoms with E-state index in [2.05, 4.69) is 12.1 Å². The van der Waals surface area contributed by atoms with Crippen LogP contribution in [0, 0.1) is 11.3 Å². The molecule has 0 aromatic heterocycles. The first-order chi connectivity index (χ1) is 9.29. The van der Waals surface area contributed by atoms with E-state index in [-0.39, 0.29) is 0 Å². The van der Waals surface area contributed by atoms with Gasteiger partial charge in [0.2, 0.25) is 0 Å². The van der Waals surface area contributed by atoms with Gasteiger partial charge in [0.1, 0.15) is 11.8 Å². The van der Waals surface area contributed by atoms with E-state index in [1.165, 1.54) is 5.56 Å². The van der Waals surface area contributed by atoms with E-state index in [0.29, 0.717) is 23.6 Å². The van der Waals surface area contributed by atoms with Crippen LogP contribution in [0.15, 0.2) is 48.5 Å². The summed E-state index contributed by atoms with van der Waals surface area (Å²) in [4.78, 5) is 0. The molecule has 0 heterocycles. The predicted molar refractivity (Wildman–Crippen MR) is 75.8 cm³/mol. The maximum Gasteiger partial charge on any atom is 0.121 e. The number of hydrogen-bond donors (Lipinski definition) is 1. The molecule has 2 N–H and O–H groups in total. The largest absolute Gasteiger partial charge is 0.494 e. The summed E-state index contributed by atoms with van der Waals surface area (Å²) in [6, 6.07) is 17.5. The van der Waals surface area contributed by atoms with E-state index in [1.54, 1.807) is 18.2 Å². The van der Waals surface area contributed by atoms with Crippen LogP contribution >= 0.6 is 0 Å². The normalized spacial score (nSPS) is 9.84. The van der Waals surface area contributed by atoms with Gasteiger partial charge in [0.15, 0.2) is 0 Å². The summed E-state index contributed by atoms with van der Waals surface area (Å²) in [6.07, 6.45) is 1.94. The van der Waals surface area contributed by atoms with Gasteiger partial charge in [-0.1, -0.05) is 30.3 Å². The van der Waals surface area contributed by atoms with Gasteiger partial charge < -0.3 is 10.5 Å². The van der Waals surface area contributed by atoms with Crippen molar-refractivity contribution in [3.8, 4) is 11.8 Å². The average Bonchev–Trinajstić information content (AvgIpc) is 2.45. The zero-order valence-corrected chi connectivity index (χ0v) is 10.7. The molecule has 0 spiro atoms. The van der Waals surface area contributed by atoms with Crippen LogP contribution in [-0.2, 0) is 6.42 Å². The summed E-state index contributed by atoms with van der Waals surface area (Å²) in [7, 11) is 0. The summed E-state index contributed by atoms with van der Waals surface area (Å²) in [5, 5.41) is 8.78. The number of nitriles is 1. The third kappa shape index (κ3) is 3.75. The Labute approximate surface area is 113 Å². The van der Waals surface area contributed by atoms with Gasteiger partial charge in [-0.3, -0.25) is 0 Å². The highest BCUT2D eigenvalue weighted by Crippen LogP contribution is 2.19. The molecule has 3 nitrogen and oxygen atoms in total. The topological polar surface area (TPSA) is 59.0 Å². The first-order valence-corrected chi connectivity index (χ1v) is 6.26. The van der Waals surface area contributed by atoms with E-state index >= 15 is 0 Å². The lowest BCUT2D eigenvalue weighted by molar-refractivity contribution is 0.311. The van der Waals surface area contributed by atoms with Crippen molar-refractivity contribution in [2.75, 3.05) is 12.3 Å². The molecular weight excluding hydrogens is 236 g/mol. The average molecular weight is 252 g/mol. The summed E-state index contributed by atoms with van der Waals surface area (Å²) >= 11 is 0. The number of ether oxygens (including phenoxy) is 1. The highest BCUT2D eigenvalue weighted by molar-refractivity contribution is 5.56. The third-order valence-corrected chi connectivity index (χ3v) is 2.86. The highest BCUT2D eigenvalue weighted by Gasteiger charge is 2.00. The predicted octanol–water partition coefficient (Wildman–Crippen LogP) is 3.15. The van der Waals surface area contributed by atoms with E-state index in [1.807, 2.05) is 24.3 Å². The number of nitrogens with two attached hydrogens (primary N) is 1. The number of hydrogen-bond acceptors (Lipinski definition) is 3. The van der Waals surface area contributed by atoms with Crippen molar-refractivity contribution in [2.45, 2.75) is 12.8 Å². The van der Waals surface area contributed by atoms with Crippen LogP contribution in [0.1, 0.15) is 17.5 Å². The second kappa shape index (κ2) is 6.46. The molecule has 0 aliphatic rings. The van der Waals surface area contributed by atoms with Gasteiger partial charge in [0, 0.05) is 6.07 Å². The number of nitrogen functional groups attached to an aromatic ring is 1. The quantitative estimate of drug-likeness (QED) is 0.657. The van der Waals surface area contributed by atoms with Crippen molar-refractivity contribution in [3.63, 3.8) is 0 Å². The molecule has 0 bridgehead atoms. The Morgan fingerprint density at radius 2 is 1.89 bits per heavy atom. The zero-order valence-electron chi connectivity index (χ0n) is 10.7. The van der Waals surface area contributed by atoms with Crippen LogP contribution in [0.3, 0.4) is 0 Å². The molecule has 0 aliphatic heterocycles. The Hall–Kier alpha value is -2.47. The lowest BCUT2D eigenvalue weighted by Crippen LogP contribution is -2.00. The fraction of sp³-hybridized carbons (Fsp3) is 0.188. The van der Waals surface area contributed by atoms with Gasteiger partial charge in [-0.2, -0.15) is 5.26 Å². The van der Waals surface area contributed by atoms with Gasteiger partial charge in [-0.25, -0.2) is 0 Å². The number of anilines is 1. The molecule has 0 amide bonds. The Morgan fingerprint density at radius 1 is 1.11 bits per heavy atom. The molecule has 2 rings (SSSR count). The van der Waals surface area contributed by atoms with Crippen LogP contribution in [0.2, 0.25) is 0 Å². The zero-order chi connectivity index (χ0) is 13.5. The van der Waals surface area contributed by atoms with E-state index in [4.69, 9.17) is 15.7 Å². The van der Waals surface area contributed by atoms with Crippen molar-refractivity contribution < 1.29 is 4.74 Å². The standard InChI is InChI=1S/C16H16N2O/c17-12-14-8-9-15(11-16(14)18)19-10-4-7-13-5-2-1-3-6-13/h1-3,5-6,8-9,11H,4,7,10,18H2. The minimum absolute atomic E-state index is 0.461. The molecule has 19 heavy (non-hydrogen) atoms. The molecule has 0 unspecified atom stereocenters. The van der Waals surface area contributed by atoms with Crippen LogP contribution in [0.25, 0.3) is 0 Å². The van der Waals surface area contributed by atoms with Gasteiger partial charge in [-0.15, -0.1) is 0 Å². The molecule has 0 radical (unpaired) electrons. The molecule has 0 saturated carbocycles. The summed E-state index contributed by atoms with van der Waals surface area (Å²) < 4.78 is 5.62. The second-order valence-corrected chi connectivity index (χ2v) is 4.30. The van der Waals surface area contributed by atoms with Crippen molar-refractivity contribution in [1.29, 1.82) is 5.26 Å². The van der Waals surface area contributed by atoms with Crippen molar-refractivity contribution in [1.82, 2.24) is 0 Å². The van der Waals surface area contributed by atoms with Gasteiger partial charge in [0.25, 0.3) is 0 Å². The highest BCUT2D eigenvalue weighted by atomic mass is 16.5. The minimum Gasteiger partial charge on any atom is -0.494 e. The van der Waals surface area contributed by atoms with E-state index < -0.39 is 0 Å². The second-order valence-electron chi connectivity index (χ2n) is 4.30. The molecule has 0 aliphatic carbocycles. The molecule has 3 heteroatoms.